The quantitative estimate of drug-likeness (QED) is 0.402. The molecule has 0 N–H and O–H groups in total. The summed E-state index contributed by atoms with van der Waals surface area (Å²) in [6.45, 7) is 8.79. The van der Waals surface area contributed by atoms with Crippen molar-refractivity contribution in [3.8, 4) is 11.5 Å². The number of carbonyl (C=O) groups is 2. The monoisotopic (exact) mass is 382 g/mol. The Morgan fingerprint density at radius 3 is 2.33 bits per heavy atom. The smallest absolute Gasteiger partial charge is 0.338 e. The first-order chi connectivity index (χ1) is 12.9. The molecule has 0 saturated heterocycles. The fourth-order valence-electron chi connectivity index (χ4n) is 4.30. The molecule has 2 aliphatic rings. The van der Waals surface area contributed by atoms with Crippen molar-refractivity contribution in [1.29, 1.82) is 0 Å². The molecule has 4 rings (SSSR count). The molecule has 2 unspecified atom stereocenters. The van der Waals surface area contributed by atoms with Gasteiger partial charge in [-0.2, -0.15) is 0 Å². The second-order valence-electron chi connectivity index (χ2n) is 7.18. The fraction of sp³-hybridized carbons (Fsp3) is 0.273. The predicted octanol–water partition coefficient (Wildman–Crippen LogP) is 5.43. The molecule has 0 aromatic heterocycles. The summed E-state index contributed by atoms with van der Waals surface area (Å²) in [5.41, 5.74) is 2.26. The largest absolute Gasteiger partial charge is 0.422 e. The summed E-state index contributed by atoms with van der Waals surface area (Å²) in [5.74, 6) is 0.632. The van der Waals surface area contributed by atoms with Crippen molar-refractivity contribution in [1.82, 2.24) is 0 Å². The van der Waals surface area contributed by atoms with Gasteiger partial charge in [-0.3, -0.25) is 0 Å². The number of rotatable bonds is 4. The first-order valence-electron chi connectivity index (χ1n) is 8.91. The molecule has 2 atom stereocenters. The van der Waals surface area contributed by atoms with Crippen molar-refractivity contribution in [2.45, 2.75) is 38.0 Å². The zero-order chi connectivity index (χ0) is 19.3. The normalized spacial score (nSPS) is 19.6. The van der Waals surface area contributed by atoms with E-state index in [-0.39, 0.29) is 5.92 Å². The Hall–Kier alpha value is -2.59. The summed E-state index contributed by atoms with van der Waals surface area (Å²) in [4.78, 5) is 24.3. The standard InChI is InChI=1S/C22H19ClO4/c1-4-17(24)26-20-15-8-7-14(23)10-16(15)21(27-22(25)11(2)3)19-13-6-5-12(9-13)18(19)20/h4,7-8,10,12-13H,1-2,5-6,9H2,3H3. The Kier molecular flexibility index (Phi) is 4.31. The van der Waals surface area contributed by atoms with Gasteiger partial charge in [0.15, 0.2) is 0 Å². The van der Waals surface area contributed by atoms with E-state index in [9.17, 15) is 9.59 Å². The Balaban J connectivity index is 2.04. The van der Waals surface area contributed by atoms with Crippen LogP contribution in [0.1, 0.15) is 49.1 Å². The lowest BCUT2D eigenvalue weighted by atomic mass is 9.87. The lowest BCUT2D eigenvalue weighted by Gasteiger charge is -2.24. The number of fused-ring (bicyclic) bond motifs is 6. The number of esters is 2. The first-order valence-corrected chi connectivity index (χ1v) is 9.29. The summed E-state index contributed by atoms with van der Waals surface area (Å²) in [5, 5.41) is 1.87. The zero-order valence-corrected chi connectivity index (χ0v) is 15.8. The number of hydrogen-bond acceptors (Lipinski definition) is 4. The van der Waals surface area contributed by atoms with Crippen molar-refractivity contribution in [3.05, 3.63) is 59.2 Å². The maximum absolute atomic E-state index is 12.3. The Bertz CT molecular complexity index is 1020. The van der Waals surface area contributed by atoms with Crippen LogP contribution in [0.2, 0.25) is 5.02 Å². The molecule has 1 fully saturated rings. The van der Waals surface area contributed by atoms with Crippen LogP contribution in [0.4, 0.5) is 0 Å². The first kappa shape index (κ1) is 17.8. The minimum Gasteiger partial charge on any atom is -0.422 e. The molecule has 0 spiro atoms. The maximum atomic E-state index is 12.3. The van der Waals surface area contributed by atoms with Gasteiger partial charge in [-0.1, -0.05) is 24.8 Å². The van der Waals surface area contributed by atoms with E-state index in [0.29, 0.717) is 38.8 Å². The highest BCUT2D eigenvalue weighted by atomic mass is 35.5. The van der Waals surface area contributed by atoms with Crippen LogP contribution in [0.15, 0.2) is 43.0 Å². The summed E-state index contributed by atoms with van der Waals surface area (Å²) in [6.07, 6.45) is 4.17. The number of carbonyl (C=O) groups excluding carboxylic acids is 2. The van der Waals surface area contributed by atoms with Crippen LogP contribution in [0.5, 0.6) is 11.5 Å². The van der Waals surface area contributed by atoms with Crippen LogP contribution in [0, 0.1) is 0 Å². The van der Waals surface area contributed by atoms with Crippen molar-refractivity contribution in [2.75, 3.05) is 0 Å². The average molecular weight is 383 g/mol. The van der Waals surface area contributed by atoms with E-state index in [2.05, 4.69) is 13.2 Å². The third-order valence-corrected chi connectivity index (χ3v) is 5.65. The maximum Gasteiger partial charge on any atom is 0.338 e. The predicted molar refractivity (Wildman–Crippen MR) is 105 cm³/mol. The van der Waals surface area contributed by atoms with E-state index in [1.54, 1.807) is 25.1 Å². The summed E-state index contributed by atoms with van der Waals surface area (Å²) < 4.78 is 11.4. The molecule has 2 aliphatic carbocycles. The number of ether oxygens (including phenoxy) is 2. The Morgan fingerprint density at radius 2 is 1.74 bits per heavy atom. The van der Waals surface area contributed by atoms with E-state index >= 15 is 0 Å². The highest BCUT2D eigenvalue weighted by molar-refractivity contribution is 6.31. The molecule has 4 nitrogen and oxygen atoms in total. The van der Waals surface area contributed by atoms with E-state index in [0.717, 1.165) is 36.5 Å². The van der Waals surface area contributed by atoms with Gasteiger partial charge in [-0.05, 0) is 56.2 Å². The lowest BCUT2D eigenvalue weighted by molar-refractivity contribution is -0.130. The van der Waals surface area contributed by atoms with Gasteiger partial charge in [0.1, 0.15) is 11.5 Å². The molecular formula is C22H19ClO4. The molecule has 2 bridgehead atoms. The molecule has 0 aliphatic heterocycles. The minimum absolute atomic E-state index is 0.280. The third kappa shape index (κ3) is 2.85. The summed E-state index contributed by atoms with van der Waals surface area (Å²) in [6, 6.07) is 5.28. The highest BCUT2D eigenvalue weighted by Gasteiger charge is 2.43. The zero-order valence-electron chi connectivity index (χ0n) is 15.0. The van der Waals surface area contributed by atoms with E-state index in [4.69, 9.17) is 21.1 Å². The fourth-order valence-corrected chi connectivity index (χ4v) is 4.47. The molecule has 0 heterocycles. The Labute approximate surface area is 162 Å². The lowest BCUT2D eigenvalue weighted by Crippen LogP contribution is -2.14. The van der Waals surface area contributed by atoms with Gasteiger partial charge >= 0.3 is 11.9 Å². The van der Waals surface area contributed by atoms with Crippen LogP contribution in [0.25, 0.3) is 10.8 Å². The van der Waals surface area contributed by atoms with Crippen LogP contribution >= 0.6 is 11.6 Å². The van der Waals surface area contributed by atoms with E-state index in [1.165, 1.54) is 0 Å². The van der Waals surface area contributed by atoms with Gasteiger partial charge in [0.2, 0.25) is 0 Å². The SMILES string of the molecule is C=CC(=O)Oc1c2c(c(OC(=O)C(=C)C)c3cc(Cl)ccc13)C1CCC2C1. The van der Waals surface area contributed by atoms with Crippen molar-refractivity contribution in [3.63, 3.8) is 0 Å². The van der Waals surface area contributed by atoms with Crippen LogP contribution in [-0.4, -0.2) is 11.9 Å². The van der Waals surface area contributed by atoms with E-state index in [1.807, 2.05) is 0 Å². The molecule has 0 amide bonds. The molecule has 2 aromatic carbocycles. The number of halogens is 1. The van der Waals surface area contributed by atoms with Crippen LogP contribution in [-0.2, 0) is 9.59 Å². The summed E-state index contributed by atoms with van der Waals surface area (Å²) in [7, 11) is 0. The van der Waals surface area contributed by atoms with Gasteiger partial charge < -0.3 is 9.47 Å². The van der Waals surface area contributed by atoms with Crippen molar-refractivity contribution < 1.29 is 19.1 Å². The molecule has 1 saturated carbocycles. The number of benzene rings is 2. The van der Waals surface area contributed by atoms with Gasteiger partial charge in [0.05, 0.1) is 0 Å². The van der Waals surface area contributed by atoms with E-state index < -0.39 is 11.9 Å². The van der Waals surface area contributed by atoms with Crippen LogP contribution in [0.3, 0.4) is 0 Å². The van der Waals surface area contributed by atoms with Crippen molar-refractivity contribution >= 4 is 34.3 Å². The summed E-state index contributed by atoms with van der Waals surface area (Å²) >= 11 is 6.22. The van der Waals surface area contributed by atoms with Crippen molar-refractivity contribution in [2.24, 2.45) is 0 Å². The molecule has 27 heavy (non-hydrogen) atoms. The van der Waals surface area contributed by atoms with Gasteiger partial charge in [-0.25, -0.2) is 9.59 Å². The van der Waals surface area contributed by atoms with Crippen LogP contribution < -0.4 is 9.47 Å². The van der Waals surface area contributed by atoms with Gasteiger partial charge in [-0.15, -0.1) is 0 Å². The molecule has 0 radical (unpaired) electrons. The minimum atomic E-state index is -0.511. The molecule has 5 heteroatoms. The average Bonchev–Trinajstić information content (AvgIpc) is 3.25. The highest BCUT2D eigenvalue weighted by Crippen LogP contribution is 2.61. The third-order valence-electron chi connectivity index (χ3n) is 5.41. The topological polar surface area (TPSA) is 52.6 Å². The molecular weight excluding hydrogens is 364 g/mol. The Morgan fingerprint density at radius 1 is 1.11 bits per heavy atom. The number of hydrogen-bond donors (Lipinski definition) is 0. The molecule has 2 aromatic rings. The second-order valence-corrected chi connectivity index (χ2v) is 7.61. The second kappa shape index (κ2) is 6.54. The van der Waals surface area contributed by atoms with Gasteiger partial charge in [0.25, 0.3) is 0 Å². The van der Waals surface area contributed by atoms with Gasteiger partial charge in [0, 0.05) is 38.6 Å². The molecule has 138 valence electrons.